The molecule has 1 aliphatic rings. The van der Waals surface area contributed by atoms with E-state index in [1.807, 2.05) is 0 Å². The van der Waals surface area contributed by atoms with Crippen molar-refractivity contribution in [3.63, 3.8) is 0 Å². The number of alkyl halides is 1. The van der Waals surface area contributed by atoms with Crippen LogP contribution in [0.5, 0.6) is 0 Å². The molecule has 3 heteroatoms. The zero-order valence-electron chi connectivity index (χ0n) is 13.3. The summed E-state index contributed by atoms with van der Waals surface area (Å²) in [4.78, 5) is 5.00. The van der Waals surface area contributed by atoms with E-state index >= 15 is 0 Å². The molecule has 0 aromatic rings. The highest BCUT2D eigenvalue weighted by molar-refractivity contribution is 9.09. The van der Waals surface area contributed by atoms with E-state index in [1.54, 1.807) is 0 Å². The minimum Gasteiger partial charge on any atom is -0.308 e. The average Bonchev–Trinajstić information content (AvgIpc) is 2.62. The lowest BCUT2D eigenvalue weighted by molar-refractivity contribution is 0.142. The largest absolute Gasteiger partial charge is 0.308 e. The van der Waals surface area contributed by atoms with Crippen molar-refractivity contribution < 1.29 is 0 Å². The molecule has 0 saturated heterocycles. The van der Waals surface area contributed by atoms with Crippen LogP contribution >= 0.6 is 15.9 Å². The van der Waals surface area contributed by atoms with Crippen molar-refractivity contribution in [1.29, 1.82) is 0 Å². The van der Waals surface area contributed by atoms with Crippen molar-refractivity contribution in [2.75, 3.05) is 45.6 Å². The molecule has 0 bridgehead atoms. The fraction of sp³-hybridized carbons (Fsp3) is 1.00. The Morgan fingerprint density at radius 1 is 0.947 bits per heavy atom. The van der Waals surface area contributed by atoms with Gasteiger partial charge in [-0.2, -0.15) is 0 Å². The Hall–Kier alpha value is 0.400. The van der Waals surface area contributed by atoms with Crippen LogP contribution in [0.3, 0.4) is 0 Å². The Kier molecular flexibility index (Phi) is 8.59. The van der Waals surface area contributed by atoms with Crippen LogP contribution in [0.15, 0.2) is 0 Å². The van der Waals surface area contributed by atoms with Gasteiger partial charge in [0.2, 0.25) is 0 Å². The van der Waals surface area contributed by atoms with Crippen molar-refractivity contribution in [3.05, 3.63) is 0 Å². The first-order valence-electron chi connectivity index (χ1n) is 8.05. The summed E-state index contributed by atoms with van der Waals surface area (Å²) in [5.41, 5.74) is 0.540. The smallest absolute Gasteiger partial charge is 0.0109 e. The molecule has 1 rings (SSSR count). The minimum atomic E-state index is 0.540. The lowest BCUT2D eigenvalue weighted by atomic mass is 9.82. The van der Waals surface area contributed by atoms with E-state index in [1.165, 1.54) is 76.5 Å². The van der Waals surface area contributed by atoms with E-state index in [9.17, 15) is 0 Å². The summed E-state index contributed by atoms with van der Waals surface area (Å²) < 4.78 is 0. The van der Waals surface area contributed by atoms with Gasteiger partial charge >= 0.3 is 0 Å². The van der Waals surface area contributed by atoms with Gasteiger partial charge in [-0.15, -0.1) is 0 Å². The van der Waals surface area contributed by atoms with Gasteiger partial charge in [-0.3, -0.25) is 0 Å². The zero-order chi connectivity index (χ0) is 14.1. The molecule has 1 aliphatic carbocycles. The number of rotatable bonds is 8. The van der Waals surface area contributed by atoms with E-state index in [2.05, 4.69) is 46.7 Å². The second kappa shape index (κ2) is 9.36. The molecule has 0 spiro atoms. The van der Waals surface area contributed by atoms with Crippen LogP contribution in [-0.2, 0) is 0 Å². The molecule has 0 N–H and O–H groups in total. The number of hydrogen-bond acceptors (Lipinski definition) is 2. The van der Waals surface area contributed by atoms with Crippen LogP contribution in [0.4, 0.5) is 0 Å². The Labute approximate surface area is 129 Å². The van der Waals surface area contributed by atoms with Crippen LogP contribution in [0.2, 0.25) is 0 Å². The van der Waals surface area contributed by atoms with Gasteiger partial charge in [0.15, 0.2) is 0 Å². The molecule has 0 atom stereocenters. The second-order valence-electron chi connectivity index (χ2n) is 6.63. The van der Waals surface area contributed by atoms with Gasteiger partial charge in [-0.25, -0.2) is 0 Å². The Morgan fingerprint density at radius 3 is 2.05 bits per heavy atom. The van der Waals surface area contributed by atoms with E-state index in [4.69, 9.17) is 0 Å². The van der Waals surface area contributed by atoms with Crippen LogP contribution in [0, 0.1) is 5.41 Å². The van der Waals surface area contributed by atoms with Gasteiger partial charge in [0, 0.05) is 25.0 Å². The highest BCUT2D eigenvalue weighted by atomic mass is 79.9. The molecule has 0 aromatic heterocycles. The molecule has 0 aromatic carbocycles. The molecule has 1 saturated carbocycles. The molecular formula is C16H33BrN2. The maximum absolute atomic E-state index is 3.83. The van der Waals surface area contributed by atoms with Gasteiger partial charge in [-0.05, 0) is 45.3 Å². The highest BCUT2D eigenvalue weighted by Gasteiger charge is 2.31. The van der Waals surface area contributed by atoms with Crippen molar-refractivity contribution in [2.24, 2.45) is 5.41 Å². The summed E-state index contributed by atoms with van der Waals surface area (Å²) in [6.45, 7) is 7.24. The Morgan fingerprint density at radius 2 is 1.58 bits per heavy atom. The minimum absolute atomic E-state index is 0.540. The monoisotopic (exact) mass is 332 g/mol. The van der Waals surface area contributed by atoms with Gasteiger partial charge in [-0.1, -0.05) is 48.5 Å². The molecule has 0 heterocycles. The summed E-state index contributed by atoms with van der Waals surface area (Å²) in [5.74, 6) is 0. The molecule has 1 fully saturated rings. The summed E-state index contributed by atoms with van der Waals surface area (Å²) in [6, 6.07) is 0. The normalized spacial score (nSPS) is 19.9. The number of nitrogens with zero attached hydrogens (tertiary/aromatic N) is 2. The first-order valence-corrected chi connectivity index (χ1v) is 9.17. The lowest BCUT2D eigenvalue weighted by Gasteiger charge is -2.37. The van der Waals surface area contributed by atoms with Crippen molar-refractivity contribution in [2.45, 2.75) is 51.9 Å². The highest BCUT2D eigenvalue weighted by Crippen LogP contribution is 2.37. The topological polar surface area (TPSA) is 6.48 Å². The maximum atomic E-state index is 3.83. The fourth-order valence-corrected chi connectivity index (χ4v) is 3.95. The summed E-state index contributed by atoms with van der Waals surface area (Å²) in [7, 11) is 4.35. The van der Waals surface area contributed by atoms with Crippen LogP contribution in [-0.4, -0.2) is 55.4 Å². The zero-order valence-corrected chi connectivity index (χ0v) is 14.8. The molecule has 2 nitrogen and oxygen atoms in total. The number of likely N-dealkylation sites (N-methyl/N-ethyl adjacent to an activating group) is 1. The van der Waals surface area contributed by atoms with Crippen molar-refractivity contribution >= 4 is 15.9 Å². The van der Waals surface area contributed by atoms with Gasteiger partial charge < -0.3 is 9.80 Å². The van der Waals surface area contributed by atoms with Gasteiger partial charge in [0.25, 0.3) is 0 Å². The summed E-state index contributed by atoms with van der Waals surface area (Å²) >= 11 is 3.83. The third-order valence-corrected chi connectivity index (χ3v) is 5.60. The maximum Gasteiger partial charge on any atom is 0.0109 e. The van der Waals surface area contributed by atoms with E-state index in [0.717, 1.165) is 0 Å². The van der Waals surface area contributed by atoms with Crippen molar-refractivity contribution in [3.8, 4) is 0 Å². The molecule has 0 amide bonds. The predicted molar refractivity (Wildman–Crippen MR) is 89.2 cm³/mol. The van der Waals surface area contributed by atoms with Gasteiger partial charge in [0.05, 0.1) is 0 Å². The molecule has 0 aliphatic heterocycles. The molecule has 114 valence electrons. The summed E-state index contributed by atoms with van der Waals surface area (Å²) in [5, 5.41) is 1.18. The first-order chi connectivity index (χ1) is 9.12. The van der Waals surface area contributed by atoms with Gasteiger partial charge in [0.1, 0.15) is 0 Å². The van der Waals surface area contributed by atoms with E-state index in [-0.39, 0.29) is 0 Å². The number of halogens is 1. The van der Waals surface area contributed by atoms with E-state index in [0.29, 0.717) is 5.41 Å². The standard InChI is InChI=1S/C16H33BrN2/c1-4-11-19(13-12-18(2)3)15-16(14-17)9-7-5-6-8-10-16/h4-15H2,1-3H3. The lowest BCUT2D eigenvalue weighted by Crippen LogP contribution is -2.42. The Balaban J connectivity index is 2.56. The number of hydrogen-bond donors (Lipinski definition) is 0. The molecule has 0 radical (unpaired) electrons. The SMILES string of the molecule is CCCN(CCN(C)C)CC1(CBr)CCCCCC1. The van der Waals surface area contributed by atoms with E-state index < -0.39 is 0 Å². The van der Waals surface area contributed by atoms with Crippen molar-refractivity contribution in [1.82, 2.24) is 9.80 Å². The Bertz CT molecular complexity index is 223. The third kappa shape index (κ3) is 6.59. The summed E-state index contributed by atoms with van der Waals surface area (Å²) in [6.07, 6.45) is 9.85. The fourth-order valence-electron chi connectivity index (χ4n) is 3.21. The molecule has 19 heavy (non-hydrogen) atoms. The van der Waals surface area contributed by atoms with Crippen LogP contribution < -0.4 is 0 Å². The average molecular weight is 333 g/mol. The van der Waals surface area contributed by atoms with Crippen LogP contribution in [0.1, 0.15) is 51.9 Å². The third-order valence-electron chi connectivity index (χ3n) is 4.41. The first kappa shape index (κ1) is 17.5. The quantitative estimate of drug-likeness (QED) is 0.489. The molecule has 0 unspecified atom stereocenters. The second-order valence-corrected chi connectivity index (χ2v) is 7.19. The van der Waals surface area contributed by atoms with Crippen LogP contribution in [0.25, 0.3) is 0 Å². The molecular weight excluding hydrogens is 300 g/mol. The predicted octanol–water partition coefficient (Wildman–Crippen LogP) is 4.00.